The number of rotatable bonds is 2. The topological polar surface area (TPSA) is 30.7 Å². The summed E-state index contributed by atoms with van der Waals surface area (Å²) in [6.07, 6.45) is 0. The van der Waals surface area contributed by atoms with Gasteiger partial charge in [-0.3, -0.25) is 4.57 Å². The van der Waals surface area contributed by atoms with Gasteiger partial charge in [0.2, 0.25) is 0 Å². The average molecular weight is 292 g/mol. The van der Waals surface area contributed by atoms with Gasteiger partial charge < -0.3 is 0 Å². The second kappa shape index (κ2) is 4.83. The van der Waals surface area contributed by atoms with E-state index < -0.39 is 0 Å². The van der Waals surface area contributed by atoms with Gasteiger partial charge in [0.25, 0.3) is 0 Å². The van der Waals surface area contributed by atoms with Gasteiger partial charge in [-0.15, -0.1) is 11.6 Å². The van der Waals surface area contributed by atoms with Crippen LogP contribution in [-0.2, 0) is 5.88 Å². The van der Waals surface area contributed by atoms with Gasteiger partial charge in [0.05, 0.1) is 11.6 Å². The van der Waals surface area contributed by atoms with Gasteiger partial charge in [-0.2, -0.15) is 0 Å². The lowest BCUT2D eigenvalue weighted by molar-refractivity contribution is 0.966. The number of halogens is 2. The molecule has 2 aromatic heterocycles. The Morgan fingerprint density at radius 1 is 1.16 bits per heavy atom. The Bertz CT molecular complexity index is 750. The first kappa shape index (κ1) is 12.5. The summed E-state index contributed by atoms with van der Waals surface area (Å²) in [5.74, 6) is 1.08. The van der Waals surface area contributed by atoms with Crippen LogP contribution in [0, 0.1) is 6.92 Å². The van der Waals surface area contributed by atoms with Crippen LogP contribution in [0.5, 0.6) is 0 Å². The van der Waals surface area contributed by atoms with E-state index in [0.717, 1.165) is 28.4 Å². The Morgan fingerprint density at radius 2 is 2.00 bits per heavy atom. The van der Waals surface area contributed by atoms with E-state index in [1.807, 2.05) is 47.9 Å². The van der Waals surface area contributed by atoms with E-state index in [1.54, 1.807) is 0 Å². The van der Waals surface area contributed by atoms with E-state index in [9.17, 15) is 0 Å². The fraction of sp³-hybridized carbons (Fsp3) is 0.143. The van der Waals surface area contributed by atoms with Gasteiger partial charge >= 0.3 is 0 Å². The van der Waals surface area contributed by atoms with Crippen LogP contribution in [0.4, 0.5) is 0 Å². The lowest BCUT2D eigenvalue weighted by atomic mass is 10.3. The number of aryl methyl sites for hydroxylation is 1. The van der Waals surface area contributed by atoms with Crippen LogP contribution >= 0.6 is 23.2 Å². The number of benzene rings is 1. The molecule has 1 aromatic carbocycles. The van der Waals surface area contributed by atoms with Crippen molar-refractivity contribution < 1.29 is 0 Å². The minimum Gasteiger partial charge on any atom is -0.280 e. The van der Waals surface area contributed by atoms with Crippen molar-refractivity contribution in [1.82, 2.24) is 14.5 Å². The summed E-state index contributed by atoms with van der Waals surface area (Å²) >= 11 is 12.0. The molecule has 0 fully saturated rings. The molecule has 0 saturated carbocycles. The second-order valence-electron chi connectivity index (χ2n) is 4.27. The highest BCUT2D eigenvalue weighted by atomic mass is 35.5. The lowest BCUT2D eigenvalue weighted by Crippen LogP contribution is -2.00. The molecular formula is C14H11Cl2N3. The molecule has 96 valence electrons. The van der Waals surface area contributed by atoms with Crippen molar-refractivity contribution in [3.05, 3.63) is 52.9 Å². The smallest absolute Gasteiger partial charge is 0.164 e. The number of nitrogens with zero attached hydrogens (tertiary/aromatic N) is 3. The van der Waals surface area contributed by atoms with Gasteiger partial charge in [0, 0.05) is 10.7 Å². The summed E-state index contributed by atoms with van der Waals surface area (Å²) in [6, 6.07) is 11.5. The third-order valence-electron chi connectivity index (χ3n) is 2.90. The molecule has 5 heteroatoms. The summed E-state index contributed by atoms with van der Waals surface area (Å²) in [5, 5.41) is 0.674. The Hall–Kier alpha value is -1.58. The molecule has 0 N–H and O–H groups in total. The number of aromatic nitrogens is 3. The Balaban J connectivity index is 2.34. The van der Waals surface area contributed by atoms with E-state index in [4.69, 9.17) is 23.2 Å². The minimum absolute atomic E-state index is 0.321. The molecule has 2 heterocycles. The van der Waals surface area contributed by atoms with Gasteiger partial charge in [0.1, 0.15) is 11.3 Å². The first-order chi connectivity index (χ1) is 9.19. The number of fused-ring (bicyclic) bond motifs is 1. The summed E-state index contributed by atoms with van der Waals surface area (Å²) in [4.78, 5) is 9.05. The van der Waals surface area contributed by atoms with E-state index in [1.165, 1.54) is 0 Å². The summed E-state index contributed by atoms with van der Waals surface area (Å²) in [6.45, 7) is 1.95. The molecule has 0 unspecified atom stereocenters. The Morgan fingerprint density at radius 3 is 2.74 bits per heavy atom. The zero-order chi connectivity index (χ0) is 13.4. The molecule has 19 heavy (non-hydrogen) atoms. The molecule has 0 aliphatic heterocycles. The van der Waals surface area contributed by atoms with Gasteiger partial charge in [-0.05, 0) is 37.3 Å². The fourth-order valence-corrected chi connectivity index (χ4v) is 2.44. The first-order valence-corrected chi connectivity index (χ1v) is 6.77. The highest BCUT2D eigenvalue weighted by Crippen LogP contribution is 2.23. The lowest BCUT2D eigenvalue weighted by Gasteiger charge is -2.07. The number of hydrogen-bond acceptors (Lipinski definition) is 2. The highest BCUT2D eigenvalue weighted by Gasteiger charge is 2.13. The quantitative estimate of drug-likeness (QED) is 0.665. The largest absolute Gasteiger partial charge is 0.280 e. The maximum atomic E-state index is 6.05. The number of hydrogen-bond donors (Lipinski definition) is 0. The zero-order valence-corrected chi connectivity index (χ0v) is 11.8. The fourth-order valence-electron chi connectivity index (χ4n) is 2.07. The SMILES string of the molecule is Cc1ccc2nc(CCl)n(-c3cccc(Cl)c3)c2n1. The van der Waals surface area contributed by atoms with Crippen LogP contribution in [0.1, 0.15) is 11.5 Å². The predicted molar refractivity (Wildman–Crippen MR) is 78.2 cm³/mol. The van der Waals surface area contributed by atoms with Crippen LogP contribution in [0.15, 0.2) is 36.4 Å². The van der Waals surface area contributed by atoms with Crippen molar-refractivity contribution >= 4 is 34.4 Å². The molecule has 3 nitrogen and oxygen atoms in total. The van der Waals surface area contributed by atoms with Crippen molar-refractivity contribution in [1.29, 1.82) is 0 Å². The van der Waals surface area contributed by atoms with Crippen LogP contribution in [-0.4, -0.2) is 14.5 Å². The van der Waals surface area contributed by atoms with E-state index in [0.29, 0.717) is 10.9 Å². The second-order valence-corrected chi connectivity index (χ2v) is 4.98. The molecule has 0 amide bonds. The Labute approximate surface area is 120 Å². The molecule has 0 aliphatic rings. The van der Waals surface area contributed by atoms with E-state index >= 15 is 0 Å². The summed E-state index contributed by atoms with van der Waals surface area (Å²) in [5.41, 5.74) is 3.50. The molecule has 0 radical (unpaired) electrons. The van der Waals surface area contributed by atoms with Crippen molar-refractivity contribution in [3.8, 4) is 5.69 Å². The van der Waals surface area contributed by atoms with Crippen LogP contribution in [0.3, 0.4) is 0 Å². The molecule has 0 atom stereocenters. The van der Waals surface area contributed by atoms with Gasteiger partial charge in [-0.1, -0.05) is 17.7 Å². The normalized spacial score (nSPS) is 11.1. The third kappa shape index (κ3) is 2.20. The zero-order valence-electron chi connectivity index (χ0n) is 10.3. The highest BCUT2D eigenvalue weighted by molar-refractivity contribution is 6.30. The summed E-state index contributed by atoms with van der Waals surface area (Å²) in [7, 11) is 0. The monoisotopic (exact) mass is 291 g/mol. The van der Waals surface area contributed by atoms with Crippen molar-refractivity contribution in [2.24, 2.45) is 0 Å². The number of pyridine rings is 1. The molecule has 0 saturated heterocycles. The maximum absolute atomic E-state index is 6.05. The molecule has 0 spiro atoms. The molecule has 3 rings (SSSR count). The third-order valence-corrected chi connectivity index (χ3v) is 3.37. The predicted octanol–water partition coefficient (Wildman–Crippen LogP) is 4.12. The van der Waals surface area contributed by atoms with Crippen molar-refractivity contribution in [2.45, 2.75) is 12.8 Å². The van der Waals surface area contributed by atoms with Crippen LogP contribution in [0.25, 0.3) is 16.9 Å². The maximum Gasteiger partial charge on any atom is 0.164 e. The first-order valence-electron chi connectivity index (χ1n) is 5.86. The number of imidazole rings is 1. The standard InChI is InChI=1S/C14H11Cl2N3/c1-9-5-6-12-14(17-9)19(13(8-15)18-12)11-4-2-3-10(16)7-11/h2-7H,8H2,1H3. The van der Waals surface area contributed by atoms with Crippen molar-refractivity contribution in [3.63, 3.8) is 0 Å². The average Bonchev–Trinajstić information content (AvgIpc) is 2.76. The van der Waals surface area contributed by atoms with Crippen LogP contribution in [0.2, 0.25) is 5.02 Å². The van der Waals surface area contributed by atoms with E-state index in [-0.39, 0.29) is 0 Å². The van der Waals surface area contributed by atoms with E-state index in [2.05, 4.69) is 9.97 Å². The molecule has 3 aromatic rings. The number of alkyl halides is 1. The molecular weight excluding hydrogens is 281 g/mol. The van der Waals surface area contributed by atoms with Crippen LogP contribution < -0.4 is 0 Å². The van der Waals surface area contributed by atoms with Crippen molar-refractivity contribution in [2.75, 3.05) is 0 Å². The van der Waals surface area contributed by atoms with Gasteiger partial charge in [0.15, 0.2) is 5.65 Å². The minimum atomic E-state index is 0.321. The van der Waals surface area contributed by atoms with Gasteiger partial charge in [-0.25, -0.2) is 9.97 Å². The Kier molecular flexibility index (Phi) is 3.17. The molecule has 0 aliphatic carbocycles. The molecule has 0 bridgehead atoms. The summed E-state index contributed by atoms with van der Waals surface area (Å²) < 4.78 is 1.95.